The molecule has 4 nitrogen and oxygen atoms in total. The SMILES string of the molecule is Cc1cc(CNc2ncccc2C(F)(F)F)no1. The molecule has 2 rings (SSSR count). The highest BCUT2D eigenvalue weighted by Crippen LogP contribution is 2.33. The molecule has 0 atom stereocenters. The molecule has 96 valence electrons. The monoisotopic (exact) mass is 257 g/mol. The van der Waals surface area contributed by atoms with Crippen LogP contribution in [0, 0.1) is 6.92 Å². The zero-order valence-corrected chi connectivity index (χ0v) is 9.45. The van der Waals surface area contributed by atoms with E-state index in [0.29, 0.717) is 11.5 Å². The molecule has 18 heavy (non-hydrogen) atoms. The first-order valence-electron chi connectivity index (χ1n) is 5.15. The lowest BCUT2D eigenvalue weighted by atomic mass is 10.2. The van der Waals surface area contributed by atoms with Crippen LogP contribution < -0.4 is 5.32 Å². The first kappa shape index (κ1) is 12.4. The highest BCUT2D eigenvalue weighted by Gasteiger charge is 2.33. The Kier molecular flexibility index (Phi) is 3.22. The molecule has 0 saturated heterocycles. The van der Waals surface area contributed by atoms with Crippen molar-refractivity contribution in [3.05, 3.63) is 41.4 Å². The van der Waals surface area contributed by atoms with Gasteiger partial charge in [-0.15, -0.1) is 0 Å². The van der Waals surface area contributed by atoms with Gasteiger partial charge in [-0.05, 0) is 19.1 Å². The molecule has 2 aromatic heterocycles. The predicted octanol–water partition coefficient (Wildman–Crippen LogP) is 3.01. The third kappa shape index (κ3) is 2.79. The molecule has 0 aliphatic carbocycles. The minimum atomic E-state index is -4.43. The minimum Gasteiger partial charge on any atom is -0.364 e. The highest BCUT2D eigenvalue weighted by atomic mass is 19.4. The van der Waals surface area contributed by atoms with Crippen molar-refractivity contribution in [1.82, 2.24) is 10.1 Å². The number of aryl methyl sites for hydroxylation is 1. The number of nitrogens with one attached hydrogen (secondary N) is 1. The number of alkyl halides is 3. The lowest BCUT2D eigenvalue weighted by Gasteiger charge is -2.12. The van der Waals surface area contributed by atoms with Crippen molar-refractivity contribution in [2.75, 3.05) is 5.32 Å². The standard InChI is InChI=1S/C11H10F3N3O/c1-7-5-8(17-18-7)6-16-10-9(11(12,13)14)3-2-4-15-10/h2-5H,6H2,1H3,(H,15,16). The van der Waals surface area contributed by atoms with Crippen LogP contribution in [0.2, 0.25) is 0 Å². The summed E-state index contributed by atoms with van der Waals surface area (Å²) in [5.41, 5.74) is -0.281. The Balaban J connectivity index is 2.14. The number of hydrogen-bond donors (Lipinski definition) is 1. The Labute approximate surface area is 101 Å². The molecule has 0 amide bonds. The molecule has 2 heterocycles. The van der Waals surface area contributed by atoms with E-state index in [1.807, 2.05) is 0 Å². The molecule has 0 spiro atoms. The van der Waals surface area contributed by atoms with Crippen molar-refractivity contribution >= 4 is 5.82 Å². The van der Waals surface area contributed by atoms with Gasteiger partial charge >= 0.3 is 6.18 Å². The molecule has 7 heteroatoms. The van der Waals surface area contributed by atoms with Gasteiger partial charge in [0.05, 0.1) is 12.1 Å². The van der Waals surface area contributed by atoms with Gasteiger partial charge in [-0.2, -0.15) is 13.2 Å². The summed E-state index contributed by atoms with van der Waals surface area (Å²) in [6.45, 7) is 1.83. The molecule has 2 aromatic rings. The van der Waals surface area contributed by atoms with Gasteiger partial charge in [-0.25, -0.2) is 4.98 Å². The Hall–Kier alpha value is -2.05. The Bertz CT molecular complexity index is 536. The molecule has 0 unspecified atom stereocenters. The van der Waals surface area contributed by atoms with Crippen molar-refractivity contribution in [1.29, 1.82) is 0 Å². The Morgan fingerprint density at radius 1 is 1.39 bits per heavy atom. The summed E-state index contributed by atoms with van der Waals surface area (Å²) < 4.78 is 42.8. The van der Waals surface area contributed by atoms with Crippen molar-refractivity contribution in [2.45, 2.75) is 19.6 Å². The van der Waals surface area contributed by atoms with E-state index in [9.17, 15) is 13.2 Å². The molecule has 0 aliphatic heterocycles. The molecule has 0 radical (unpaired) electrons. The van der Waals surface area contributed by atoms with Gasteiger partial charge in [0, 0.05) is 12.3 Å². The fraction of sp³-hybridized carbons (Fsp3) is 0.273. The summed E-state index contributed by atoms with van der Waals surface area (Å²) in [7, 11) is 0. The fourth-order valence-electron chi connectivity index (χ4n) is 1.45. The van der Waals surface area contributed by atoms with Gasteiger partial charge in [0.1, 0.15) is 17.3 Å². The van der Waals surface area contributed by atoms with E-state index in [2.05, 4.69) is 15.5 Å². The second-order valence-corrected chi connectivity index (χ2v) is 3.68. The van der Waals surface area contributed by atoms with E-state index >= 15 is 0 Å². The molecule has 0 fully saturated rings. The van der Waals surface area contributed by atoms with Crippen molar-refractivity contribution < 1.29 is 17.7 Å². The maximum Gasteiger partial charge on any atom is 0.419 e. The fourth-order valence-corrected chi connectivity index (χ4v) is 1.45. The van der Waals surface area contributed by atoms with Crippen LogP contribution in [0.4, 0.5) is 19.0 Å². The van der Waals surface area contributed by atoms with Crippen LogP contribution in [-0.2, 0) is 12.7 Å². The van der Waals surface area contributed by atoms with Crippen LogP contribution in [0.15, 0.2) is 28.9 Å². The Morgan fingerprint density at radius 3 is 2.78 bits per heavy atom. The number of nitrogens with zero attached hydrogens (tertiary/aromatic N) is 2. The predicted molar refractivity (Wildman–Crippen MR) is 57.8 cm³/mol. The van der Waals surface area contributed by atoms with Gasteiger partial charge < -0.3 is 9.84 Å². The average Bonchev–Trinajstić information content (AvgIpc) is 2.72. The van der Waals surface area contributed by atoms with Crippen LogP contribution in [-0.4, -0.2) is 10.1 Å². The van der Waals surface area contributed by atoms with E-state index in [1.165, 1.54) is 12.3 Å². The van der Waals surface area contributed by atoms with Gasteiger partial charge in [0.15, 0.2) is 0 Å². The number of rotatable bonds is 3. The third-order valence-electron chi connectivity index (χ3n) is 2.23. The van der Waals surface area contributed by atoms with E-state index < -0.39 is 11.7 Å². The van der Waals surface area contributed by atoms with Crippen LogP contribution in [0.5, 0.6) is 0 Å². The molecular weight excluding hydrogens is 247 g/mol. The first-order valence-corrected chi connectivity index (χ1v) is 5.15. The first-order chi connectivity index (χ1) is 8.47. The summed E-state index contributed by atoms with van der Waals surface area (Å²) in [5.74, 6) is 0.384. The lowest BCUT2D eigenvalue weighted by molar-refractivity contribution is -0.137. The van der Waals surface area contributed by atoms with E-state index in [4.69, 9.17) is 4.52 Å². The van der Waals surface area contributed by atoms with Crippen molar-refractivity contribution in [3.8, 4) is 0 Å². The maximum atomic E-state index is 12.7. The van der Waals surface area contributed by atoms with Gasteiger partial charge in [-0.3, -0.25) is 0 Å². The second-order valence-electron chi connectivity index (χ2n) is 3.68. The van der Waals surface area contributed by atoms with Crippen molar-refractivity contribution in [3.63, 3.8) is 0 Å². The average molecular weight is 257 g/mol. The largest absolute Gasteiger partial charge is 0.419 e. The summed E-state index contributed by atoms with van der Waals surface area (Å²) in [6.07, 6.45) is -3.14. The van der Waals surface area contributed by atoms with Gasteiger partial charge in [0.25, 0.3) is 0 Å². The van der Waals surface area contributed by atoms with Crippen LogP contribution >= 0.6 is 0 Å². The van der Waals surface area contributed by atoms with Crippen LogP contribution in [0.25, 0.3) is 0 Å². The zero-order chi connectivity index (χ0) is 13.2. The zero-order valence-electron chi connectivity index (χ0n) is 9.45. The quantitative estimate of drug-likeness (QED) is 0.918. The highest BCUT2D eigenvalue weighted by molar-refractivity contribution is 5.45. The number of halogens is 3. The third-order valence-corrected chi connectivity index (χ3v) is 2.23. The van der Waals surface area contributed by atoms with Crippen LogP contribution in [0.1, 0.15) is 17.0 Å². The van der Waals surface area contributed by atoms with Gasteiger partial charge in [0.2, 0.25) is 0 Å². The molecule has 0 saturated carbocycles. The minimum absolute atomic E-state index is 0.122. The second kappa shape index (κ2) is 4.67. The Morgan fingerprint density at radius 2 is 2.17 bits per heavy atom. The summed E-state index contributed by atoms with van der Waals surface area (Å²) in [4.78, 5) is 3.68. The number of hydrogen-bond acceptors (Lipinski definition) is 4. The number of aromatic nitrogens is 2. The molecular formula is C11H10F3N3O. The molecule has 0 aromatic carbocycles. The van der Waals surface area contributed by atoms with E-state index in [0.717, 1.165) is 6.07 Å². The molecule has 0 bridgehead atoms. The number of pyridine rings is 1. The summed E-state index contributed by atoms with van der Waals surface area (Å²) in [6, 6.07) is 3.86. The van der Waals surface area contributed by atoms with Crippen LogP contribution in [0.3, 0.4) is 0 Å². The van der Waals surface area contributed by atoms with Gasteiger partial charge in [-0.1, -0.05) is 5.16 Å². The topological polar surface area (TPSA) is 51.0 Å². The van der Waals surface area contributed by atoms with Crippen molar-refractivity contribution in [2.24, 2.45) is 0 Å². The number of anilines is 1. The molecule has 1 N–H and O–H groups in total. The molecule has 0 aliphatic rings. The normalized spacial score (nSPS) is 11.6. The summed E-state index contributed by atoms with van der Waals surface area (Å²) >= 11 is 0. The summed E-state index contributed by atoms with van der Waals surface area (Å²) in [5, 5.41) is 6.27. The van der Waals surface area contributed by atoms with E-state index in [1.54, 1.807) is 13.0 Å². The lowest BCUT2D eigenvalue weighted by Crippen LogP contribution is -2.12. The van der Waals surface area contributed by atoms with E-state index in [-0.39, 0.29) is 12.4 Å². The smallest absolute Gasteiger partial charge is 0.364 e. The maximum absolute atomic E-state index is 12.7.